The fourth-order valence-corrected chi connectivity index (χ4v) is 2.38. The normalized spacial score (nSPS) is 19.1. The Labute approximate surface area is 115 Å². The Kier molecular flexibility index (Phi) is 5.63. The molecule has 1 aliphatic rings. The van der Waals surface area contributed by atoms with E-state index in [0.29, 0.717) is 19.3 Å². The van der Waals surface area contributed by atoms with Gasteiger partial charge < -0.3 is 19.7 Å². The van der Waals surface area contributed by atoms with E-state index in [1.807, 2.05) is 0 Å². The van der Waals surface area contributed by atoms with E-state index >= 15 is 0 Å². The van der Waals surface area contributed by atoms with Crippen molar-refractivity contribution in [3.8, 4) is 0 Å². The summed E-state index contributed by atoms with van der Waals surface area (Å²) in [5, 5.41) is 3.54. The van der Waals surface area contributed by atoms with E-state index in [2.05, 4.69) is 41.4 Å². The van der Waals surface area contributed by atoms with Gasteiger partial charge in [0.1, 0.15) is 0 Å². The zero-order valence-corrected chi connectivity index (χ0v) is 11.9. The monoisotopic (exact) mass is 264 g/mol. The Bertz CT molecular complexity index is 384. The van der Waals surface area contributed by atoms with Crippen molar-refractivity contribution in [3.05, 3.63) is 29.8 Å². The number of benzene rings is 1. The predicted molar refractivity (Wildman–Crippen MR) is 77.7 cm³/mol. The van der Waals surface area contributed by atoms with E-state index < -0.39 is 0 Å². The second kappa shape index (κ2) is 7.48. The van der Waals surface area contributed by atoms with E-state index in [-0.39, 0.29) is 0 Å². The molecular weight excluding hydrogens is 240 g/mol. The quantitative estimate of drug-likeness (QED) is 0.792. The second-order valence-corrected chi connectivity index (χ2v) is 4.96. The molecular formula is C15H24N2O2. The first-order valence-electron chi connectivity index (χ1n) is 6.94. The van der Waals surface area contributed by atoms with Gasteiger partial charge in [-0.3, -0.25) is 0 Å². The van der Waals surface area contributed by atoms with Gasteiger partial charge in [-0.15, -0.1) is 0 Å². The molecule has 0 saturated heterocycles. The zero-order valence-electron chi connectivity index (χ0n) is 11.9. The maximum atomic E-state index is 5.58. The summed E-state index contributed by atoms with van der Waals surface area (Å²) in [4.78, 5) is 2.41. The molecule has 0 saturated carbocycles. The first-order chi connectivity index (χ1) is 9.31. The molecule has 0 bridgehead atoms. The van der Waals surface area contributed by atoms with Crippen molar-refractivity contribution < 1.29 is 9.47 Å². The number of nitrogens with zero attached hydrogens (tertiary/aromatic N) is 1. The number of ether oxygens (including phenoxy) is 2. The van der Waals surface area contributed by atoms with Gasteiger partial charge in [-0.2, -0.15) is 0 Å². The van der Waals surface area contributed by atoms with Crippen LogP contribution in [-0.2, 0) is 16.0 Å². The van der Waals surface area contributed by atoms with Crippen molar-refractivity contribution in [2.24, 2.45) is 0 Å². The number of para-hydroxylation sites is 1. The van der Waals surface area contributed by atoms with Crippen molar-refractivity contribution in [1.82, 2.24) is 5.32 Å². The van der Waals surface area contributed by atoms with Gasteiger partial charge in [0.2, 0.25) is 0 Å². The van der Waals surface area contributed by atoms with Gasteiger partial charge in [0.15, 0.2) is 0 Å². The third-order valence-electron chi connectivity index (χ3n) is 3.40. The van der Waals surface area contributed by atoms with Crippen molar-refractivity contribution in [3.63, 3.8) is 0 Å². The van der Waals surface area contributed by atoms with Gasteiger partial charge in [0, 0.05) is 38.5 Å². The summed E-state index contributed by atoms with van der Waals surface area (Å²) in [5.74, 6) is 0. The summed E-state index contributed by atoms with van der Waals surface area (Å²) >= 11 is 0. The smallest absolute Gasteiger partial charge is 0.0701 e. The molecule has 2 rings (SSSR count). The lowest BCUT2D eigenvalue weighted by Gasteiger charge is -2.26. The van der Waals surface area contributed by atoms with Crippen molar-refractivity contribution in [2.75, 3.05) is 44.9 Å². The molecule has 4 heteroatoms. The molecule has 1 aliphatic heterocycles. The number of hydrogen-bond donors (Lipinski definition) is 1. The lowest BCUT2D eigenvalue weighted by atomic mass is 10.1. The highest BCUT2D eigenvalue weighted by Gasteiger charge is 2.17. The van der Waals surface area contributed by atoms with Crippen LogP contribution in [0.25, 0.3) is 0 Å². The van der Waals surface area contributed by atoms with Crippen LogP contribution >= 0.6 is 0 Å². The fraction of sp³-hybridized carbons (Fsp3) is 0.600. The second-order valence-electron chi connectivity index (χ2n) is 4.96. The molecule has 1 unspecified atom stereocenters. The SMILES string of the molecule is COCCOCCN1CC(C)NCc2ccccc21. The lowest BCUT2D eigenvalue weighted by Crippen LogP contribution is -2.37. The van der Waals surface area contributed by atoms with E-state index in [1.54, 1.807) is 7.11 Å². The van der Waals surface area contributed by atoms with Crippen LogP contribution in [0.2, 0.25) is 0 Å². The summed E-state index contributed by atoms with van der Waals surface area (Å²) in [6.45, 7) is 7.18. The van der Waals surface area contributed by atoms with Gasteiger partial charge in [-0.1, -0.05) is 18.2 Å². The number of fused-ring (bicyclic) bond motifs is 1. The van der Waals surface area contributed by atoms with Crippen LogP contribution in [0.4, 0.5) is 5.69 Å². The minimum atomic E-state index is 0.492. The minimum Gasteiger partial charge on any atom is -0.382 e. The minimum absolute atomic E-state index is 0.492. The molecule has 1 aromatic carbocycles. The van der Waals surface area contributed by atoms with Crippen LogP contribution < -0.4 is 10.2 Å². The van der Waals surface area contributed by atoms with Crippen LogP contribution in [0, 0.1) is 0 Å². The van der Waals surface area contributed by atoms with Gasteiger partial charge in [-0.25, -0.2) is 0 Å². The Morgan fingerprint density at radius 3 is 2.95 bits per heavy atom. The maximum Gasteiger partial charge on any atom is 0.0701 e. The molecule has 1 N–H and O–H groups in total. The zero-order chi connectivity index (χ0) is 13.5. The molecule has 0 aliphatic carbocycles. The highest BCUT2D eigenvalue weighted by molar-refractivity contribution is 5.54. The molecule has 4 nitrogen and oxygen atoms in total. The lowest BCUT2D eigenvalue weighted by molar-refractivity contribution is 0.0740. The summed E-state index contributed by atoms with van der Waals surface area (Å²) in [5.41, 5.74) is 2.69. The fourth-order valence-electron chi connectivity index (χ4n) is 2.38. The topological polar surface area (TPSA) is 33.7 Å². The Balaban J connectivity index is 1.93. The molecule has 0 aromatic heterocycles. The van der Waals surface area contributed by atoms with Gasteiger partial charge in [0.05, 0.1) is 19.8 Å². The Morgan fingerprint density at radius 1 is 1.26 bits per heavy atom. The summed E-state index contributed by atoms with van der Waals surface area (Å²) in [6.07, 6.45) is 0. The molecule has 1 aromatic rings. The molecule has 1 atom stereocenters. The Hall–Kier alpha value is -1.10. The van der Waals surface area contributed by atoms with Crippen LogP contribution in [0.1, 0.15) is 12.5 Å². The summed E-state index contributed by atoms with van der Waals surface area (Å²) in [6, 6.07) is 9.09. The predicted octanol–water partition coefficient (Wildman–Crippen LogP) is 1.65. The van der Waals surface area contributed by atoms with Crippen molar-refractivity contribution in [2.45, 2.75) is 19.5 Å². The van der Waals surface area contributed by atoms with Crippen molar-refractivity contribution in [1.29, 1.82) is 0 Å². The van der Waals surface area contributed by atoms with Gasteiger partial charge in [0.25, 0.3) is 0 Å². The average Bonchev–Trinajstić information content (AvgIpc) is 2.59. The van der Waals surface area contributed by atoms with Crippen molar-refractivity contribution >= 4 is 5.69 Å². The van der Waals surface area contributed by atoms with E-state index in [4.69, 9.17) is 9.47 Å². The third-order valence-corrected chi connectivity index (χ3v) is 3.40. The van der Waals surface area contributed by atoms with Crippen LogP contribution in [0.15, 0.2) is 24.3 Å². The first kappa shape index (κ1) is 14.3. The summed E-state index contributed by atoms with van der Waals surface area (Å²) in [7, 11) is 1.70. The van der Waals surface area contributed by atoms with Crippen LogP contribution in [-0.4, -0.2) is 46.1 Å². The third kappa shape index (κ3) is 4.20. The highest BCUT2D eigenvalue weighted by Crippen LogP contribution is 2.22. The number of hydrogen-bond acceptors (Lipinski definition) is 4. The molecule has 0 spiro atoms. The number of nitrogens with one attached hydrogen (secondary N) is 1. The van der Waals surface area contributed by atoms with E-state index in [1.165, 1.54) is 11.3 Å². The average molecular weight is 264 g/mol. The van der Waals surface area contributed by atoms with E-state index in [0.717, 1.165) is 26.2 Å². The van der Waals surface area contributed by atoms with Crippen LogP contribution in [0.3, 0.4) is 0 Å². The van der Waals surface area contributed by atoms with Gasteiger partial charge >= 0.3 is 0 Å². The van der Waals surface area contributed by atoms with Gasteiger partial charge in [-0.05, 0) is 18.6 Å². The van der Waals surface area contributed by atoms with E-state index in [9.17, 15) is 0 Å². The molecule has 1 heterocycles. The maximum absolute atomic E-state index is 5.58. The van der Waals surface area contributed by atoms with Crippen LogP contribution in [0.5, 0.6) is 0 Å². The highest BCUT2D eigenvalue weighted by atomic mass is 16.5. The number of rotatable bonds is 6. The molecule has 19 heavy (non-hydrogen) atoms. The summed E-state index contributed by atoms with van der Waals surface area (Å²) < 4.78 is 10.6. The molecule has 0 amide bonds. The largest absolute Gasteiger partial charge is 0.382 e. The molecule has 0 fully saturated rings. The first-order valence-corrected chi connectivity index (χ1v) is 6.94. The number of anilines is 1. The molecule has 0 radical (unpaired) electrons. The molecule has 106 valence electrons. The standard InChI is InChI=1S/C15H24N2O2/c1-13-12-17(7-8-19-10-9-18-2)15-6-4-3-5-14(15)11-16-13/h3-6,13,16H,7-12H2,1-2H3. The number of methoxy groups -OCH3 is 1. The Morgan fingerprint density at radius 2 is 2.11 bits per heavy atom.